The number of amides is 1. The van der Waals surface area contributed by atoms with E-state index in [0.717, 1.165) is 32.4 Å². The molecule has 0 radical (unpaired) electrons. The van der Waals surface area contributed by atoms with Crippen LogP contribution >= 0.6 is 11.8 Å². The largest absolute Gasteiger partial charge is 0.353 e. The Hall–Kier alpha value is -0.220. The second-order valence-corrected chi connectivity index (χ2v) is 6.01. The molecule has 17 heavy (non-hydrogen) atoms. The molecule has 1 atom stereocenters. The zero-order valence-corrected chi connectivity index (χ0v) is 11.9. The Kier molecular flexibility index (Phi) is 7.69. The molecule has 1 heterocycles. The maximum atomic E-state index is 11.8. The fraction of sp³-hybridized carbons (Fsp3) is 0.923. The van der Waals surface area contributed by atoms with Crippen LogP contribution in [0.3, 0.4) is 0 Å². The molecule has 2 N–H and O–H groups in total. The highest BCUT2D eigenvalue weighted by Gasteiger charge is 2.16. The number of thioether (sulfide) groups is 1. The minimum Gasteiger partial charge on any atom is -0.353 e. The lowest BCUT2D eigenvalue weighted by Gasteiger charge is -2.22. The third-order valence-corrected chi connectivity index (χ3v) is 4.60. The summed E-state index contributed by atoms with van der Waals surface area (Å²) in [7, 11) is 0. The molecule has 0 aromatic rings. The average Bonchev–Trinajstić information content (AvgIpc) is 2.37. The molecule has 0 aromatic heterocycles. The number of rotatable bonds is 7. The van der Waals surface area contributed by atoms with Crippen LogP contribution in [0.4, 0.5) is 0 Å². The molecule has 4 heteroatoms. The third kappa shape index (κ3) is 6.32. The van der Waals surface area contributed by atoms with Gasteiger partial charge in [-0.1, -0.05) is 20.3 Å². The first kappa shape index (κ1) is 14.8. The van der Waals surface area contributed by atoms with Crippen molar-refractivity contribution in [3.8, 4) is 0 Å². The number of piperidine rings is 1. The van der Waals surface area contributed by atoms with Crippen molar-refractivity contribution in [3.05, 3.63) is 0 Å². The molecule has 0 saturated carbocycles. The van der Waals surface area contributed by atoms with Crippen LogP contribution in [0.1, 0.15) is 46.0 Å². The Balaban J connectivity index is 2.14. The van der Waals surface area contributed by atoms with Gasteiger partial charge in [0.25, 0.3) is 0 Å². The van der Waals surface area contributed by atoms with Crippen LogP contribution in [-0.4, -0.2) is 36.0 Å². The number of hydrogen-bond acceptors (Lipinski definition) is 3. The van der Waals surface area contributed by atoms with Gasteiger partial charge in [0.15, 0.2) is 0 Å². The van der Waals surface area contributed by atoms with E-state index in [0.29, 0.717) is 17.0 Å². The third-order valence-electron chi connectivity index (χ3n) is 3.23. The summed E-state index contributed by atoms with van der Waals surface area (Å²) in [5, 5.41) is 7.15. The van der Waals surface area contributed by atoms with Crippen LogP contribution < -0.4 is 10.6 Å². The molecule has 1 amide bonds. The van der Waals surface area contributed by atoms with Gasteiger partial charge in [0.05, 0.1) is 5.75 Å². The summed E-state index contributed by atoms with van der Waals surface area (Å²) < 4.78 is 0. The Labute approximate surface area is 109 Å². The van der Waals surface area contributed by atoms with Crippen LogP contribution in [0.15, 0.2) is 0 Å². The smallest absolute Gasteiger partial charge is 0.230 e. The highest BCUT2D eigenvalue weighted by Crippen LogP contribution is 2.19. The normalized spacial score (nSPS) is 18.9. The van der Waals surface area contributed by atoms with Crippen LogP contribution in [-0.2, 0) is 4.79 Å². The van der Waals surface area contributed by atoms with E-state index in [1.807, 2.05) is 11.8 Å². The molecule has 1 fully saturated rings. The summed E-state index contributed by atoms with van der Waals surface area (Å²) in [4.78, 5) is 11.8. The molecule has 3 nitrogen and oxygen atoms in total. The Morgan fingerprint density at radius 3 is 2.71 bits per heavy atom. The summed E-state index contributed by atoms with van der Waals surface area (Å²) >= 11 is 1.82. The Bertz CT molecular complexity index is 217. The topological polar surface area (TPSA) is 41.1 Å². The molecule has 0 bridgehead atoms. The molecule has 0 spiro atoms. The van der Waals surface area contributed by atoms with Crippen LogP contribution in [0, 0.1) is 0 Å². The predicted molar refractivity (Wildman–Crippen MR) is 75.5 cm³/mol. The second kappa shape index (κ2) is 8.81. The van der Waals surface area contributed by atoms with E-state index in [-0.39, 0.29) is 5.91 Å². The molecular formula is C13H26N2OS. The zero-order valence-electron chi connectivity index (χ0n) is 11.1. The molecule has 1 saturated heterocycles. The minimum absolute atomic E-state index is 0.217. The minimum atomic E-state index is 0.217. The van der Waals surface area contributed by atoms with E-state index in [1.165, 1.54) is 12.8 Å². The molecule has 0 aromatic carbocycles. The summed E-state index contributed by atoms with van der Waals surface area (Å²) in [5.74, 6) is 0.846. The van der Waals surface area contributed by atoms with Crippen LogP contribution in [0.5, 0.6) is 0 Å². The van der Waals surface area contributed by atoms with Crippen molar-refractivity contribution in [3.63, 3.8) is 0 Å². The van der Waals surface area contributed by atoms with E-state index in [9.17, 15) is 4.79 Å². The number of carbonyl (C=O) groups is 1. The van der Waals surface area contributed by atoms with Gasteiger partial charge in [-0.05, 0) is 38.8 Å². The van der Waals surface area contributed by atoms with Crippen LogP contribution in [0.25, 0.3) is 0 Å². The maximum absolute atomic E-state index is 11.8. The van der Waals surface area contributed by atoms with Gasteiger partial charge in [0.2, 0.25) is 5.91 Å². The van der Waals surface area contributed by atoms with Crippen molar-refractivity contribution < 1.29 is 4.79 Å². The van der Waals surface area contributed by atoms with E-state index >= 15 is 0 Å². The maximum Gasteiger partial charge on any atom is 0.230 e. The molecule has 1 aliphatic rings. The Morgan fingerprint density at radius 2 is 2.12 bits per heavy atom. The monoisotopic (exact) mass is 258 g/mol. The second-order valence-electron chi connectivity index (χ2n) is 4.72. The quantitative estimate of drug-likeness (QED) is 0.735. The van der Waals surface area contributed by atoms with Crippen molar-refractivity contribution in [1.82, 2.24) is 10.6 Å². The van der Waals surface area contributed by atoms with E-state index in [4.69, 9.17) is 0 Å². The van der Waals surface area contributed by atoms with Gasteiger partial charge >= 0.3 is 0 Å². The van der Waals surface area contributed by atoms with Gasteiger partial charge < -0.3 is 10.6 Å². The number of nitrogens with one attached hydrogen (secondary N) is 2. The first-order valence-electron chi connectivity index (χ1n) is 6.88. The SMILES string of the molecule is CCCC(CC)NC(=O)CSC1CCNCC1. The van der Waals surface area contributed by atoms with Gasteiger partial charge in [0, 0.05) is 11.3 Å². The average molecular weight is 258 g/mol. The van der Waals surface area contributed by atoms with E-state index in [1.54, 1.807) is 0 Å². The van der Waals surface area contributed by atoms with Gasteiger partial charge in [0.1, 0.15) is 0 Å². The van der Waals surface area contributed by atoms with Crippen molar-refractivity contribution >= 4 is 17.7 Å². The molecule has 1 rings (SSSR count). The Morgan fingerprint density at radius 1 is 1.41 bits per heavy atom. The van der Waals surface area contributed by atoms with E-state index < -0.39 is 0 Å². The lowest BCUT2D eigenvalue weighted by Crippen LogP contribution is -2.36. The zero-order chi connectivity index (χ0) is 12.5. The fourth-order valence-corrected chi connectivity index (χ4v) is 3.19. The van der Waals surface area contributed by atoms with E-state index in [2.05, 4.69) is 24.5 Å². The van der Waals surface area contributed by atoms with Crippen molar-refractivity contribution in [2.75, 3.05) is 18.8 Å². The highest BCUT2D eigenvalue weighted by molar-refractivity contribution is 8.00. The fourth-order valence-electron chi connectivity index (χ4n) is 2.15. The summed E-state index contributed by atoms with van der Waals surface area (Å²) in [6.07, 6.45) is 5.67. The van der Waals surface area contributed by atoms with Crippen LogP contribution in [0.2, 0.25) is 0 Å². The summed E-state index contributed by atoms with van der Waals surface area (Å²) in [5.41, 5.74) is 0. The lowest BCUT2D eigenvalue weighted by molar-refractivity contribution is -0.119. The molecular weight excluding hydrogens is 232 g/mol. The lowest BCUT2D eigenvalue weighted by atomic mass is 10.1. The van der Waals surface area contributed by atoms with Crippen molar-refractivity contribution in [2.24, 2.45) is 0 Å². The molecule has 1 unspecified atom stereocenters. The predicted octanol–water partition coefficient (Wildman–Crippen LogP) is 2.17. The molecule has 0 aliphatic carbocycles. The van der Waals surface area contributed by atoms with Gasteiger partial charge in [-0.3, -0.25) is 4.79 Å². The van der Waals surface area contributed by atoms with Gasteiger partial charge in [-0.25, -0.2) is 0 Å². The van der Waals surface area contributed by atoms with Crippen molar-refractivity contribution in [2.45, 2.75) is 57.2 Å². The first-order chi connectivity index (χ1) is 8.26. The summed E-state index contributed by atoms with van der Waals surface area (Å²) in [6.45, 7) is 6.51. The molecule has 1 aliphatic heterocycles. The summed E-state index contributed by atoms with van der Waals surface area (Å²) in [6, 6.07) is 0.376. The number of carbonyl (C=O) groups excluding carboxylic acids is 1. The van der Waals surface area contributed by atoms with Gasteiger partial charge in [-0.2, -0.15) is 0 Å². The standard InChI is InChI=1S/C13H26N2OS/c1-3-5-11(4-2)15-13(16)10-17-12-6-8-14-9-7-12/h11-12,14H,3-10H2,1-2H3,(H,15,16). The van der Waals surface area contributed by atoms with Crippen molar-refractivity contribution in [1.29, 1.82) is 0 Å². The van der Waals surface area contributed by atoms with Gasteiger partial charge in [-0.15, -0.1) is 11.8 Å². The number of hydrogen-bond donors (Lipinski definition) is 2. The highest BCUT2D eigenvalue weighted by atomic mass is 32.2. The first-order valence-corrected chi connectivity index (χ1v) is 7.92. The molecule has 100 valence electrons.